The van der Waals surface area contributed by atoms with Gasteiger partial charge in [-0.25, -0.2) is 0 Å². The number of hydrogen-bond donors (Lipinski definition) is 1. The first-order valence-electron chi connectivity index (χ1n) is 13.3. The molecule has 0 aromatic carbocycles. The van der Waals surface area contributed by atoms with E-state index >= 15 is 0 Å². The molecule has 0 aromatic rings. The zero-order chi connectivity index (χ0) is 22.8. The van der Waals surface area contributed by atoms with E-state index in [-0.39, 0.29) is 16.9 Å². The smallest absolute Gasteiger partial charge is 0.133 e. The first-order valence-corrected chi connectivity index (χ1v) is 13.3. The number of rotatable bonds is 5. The summed E-state index contributed by atoms with van der Waals surface area (Å²) in [5, 5.41) is 10.7. The minimum absolute atomic E-state index is 0.0811. The van der Waals surface area contributed by atoms with Crippen molar-refractivity contribution in [3.63, 3.8) is 0 Å². The maximum atomic E-state index is 12.6. The lowest BCUT2D eigenvalue weighted by Crippen LogP contribution is -2.54. The van der Waals surface area contributed by atoms with Gasteiger partial charge in [-0.3, -0.25) is 4.79 Å². The van der Waals surface area contributed by atoms with E-state index in [9.17, 15) is 9.90 Å². The molecule has 176 valence electrons. The van der Waals surface area contributed by atoms with Crippen LogP contribution in [0.4, 0.5) is 0 Å². The molecule has 1 N–H and O–H groups in total. The first-order chi connectivity index (χ1) is 14.4. The molecule has 2 nitrogen and oxygen atoms in total. The Hall–Kier alpha value is -0.630. The molecule has 2 heteroatoms. The highest BCUT2D eigenvalue weighted by molar-refractivity contribution is 5.78. The second-order valence-corrected chi connectivity index (χ2v) is 13.5. The van der Waals surface area contributed by atoms with Crippen LogP contribution in [0.15, 0.2) is 11.6 Å². The average Bonchev–Trinajstić information content (AvgIpc) is 3.02. The van der Waals surface area contributed by atoms with Crippen LogP contribution in [0.1, 0.15) is 106 Å². The van der Waals surface area contributed by atoms with Crippen molar-refractivity contribution in [2.75, 3.05) is 0 Å². The molecule has 3 fully saturated rings. The number of hydrogen-bond acceptors (Lipinski definition) is 2. The summed E-state index contributed by atoms with van der Waals surface area (Å²) in [7, 11) is 0. The molecule has 0 amide bonds. The van der Waals surface area contributed by atoms with Crippen LogP contribution in [0.2, 0.25) is 0 Å². The zero-order valence-corrected chi connectivity index (χ0v) is 21.3. The number of ketones is 1. The summed E-state index contributed by atoms with van der Waals surface area (Å²) < 4.78 is 0. The third-order valence-corrected chi connectivity index (χ3v) is 10.9. The van der Waals surface area contributed by atoms with E-state index in [4.69, 9.17) is 0 Å². The molecule has 4 aliphatic carbocycles. The summed E-state index contributed by atoms with van der Waals surface area (Å²) in [5.74, 6) is 4.55. The van der Waals surface area contributed by atoms with Gasteiger partial charge in [-0.2, -0.15) is 0 Å². The van der Waals surface area contributed by atoms with Crippen LogP contribution >= 0.6 is 0 Å². The molecule has 0 radical (unpaired) electrons. The van der Waals surface area contributed by atoms with Crippen LogP contribution in [-0.4, -0.2) is 17.0 Å². The predicted molar refractivity (Wildman–Crippen MR) is 129 cm³/mol. The van der Waals surface area contributed by atoms with E-state index in [1.54, 1.807) is 5.57 Å². The number of aliphatic hydroxyl groups is 1. The van der Waals surface area contributed by atoms with E-state index < -0.39 is 0 Å². The van der Waals surface area contributed by atoms with Crippen LogP contribution in [-0.2, 0) is 4.79 Å². The Labute approximate surface area is 191 Å². The Morgan fingerprint density at radius 3 is 2.39 bits per heavy atom. The molecule has 0 aliphatic heterocycles. The highest BCUT2D eigenvalue weighted by Crippen LogP contribution is 2.68. The lowest BCUT2D eigenvalue weighted by atomic mass is 9.44. The molecule has 8 atom stereocenters. The SMILES string of the molecule is CC(C)CC(=O)C[C@@H](C)[C@H]1CC[C@H]2[C@@H]3CC=C4C(C)(C)C(O)CC[C@]4(C)[C@H]3CC[C@]12C. The van der Waals surface area contributed by atoms with E-state index in [2.05, 4.69) is 54.5 Å². The number of allylic oxidation sites excluding steroid dienone is 1. The van der Waals surface area contributed by atoms with E-state index in [1.807, 2.05) is 0 Å². The monoisotopic (exact) mass is 428 g/mol. The predicted octanol–water partition coefficient (Wildman–Crippen LogP) is 7.20. The molecule has 0 heterocycles. The lowest BCUT2D eigenvalue weighted by molar-refractivity contribution is -0.121. The fourth-order valence-corrected chi connectivity index (χ4v) is 9.41. The molecule has 4 rings (SSSR count). The van der Waals surface area contributed by atoms with Crippen LogP contribution in [0.3, 0.4) is 0 Å². The maximum Gasteiger partial charge on any atom is 0.133 e. The quantitative estimate of drug-likeness (QED) is 0.470. The molecular formula is C29H48O2. The van der Waals surface area contributed by atoms with E-state index in [0.717, 1.165) is 43.4 Å². The average molecular weight is 429 g/mol. The Morgan fingerprint density at radius 1 is 1.00 bits per heavy atom. The molecular weight excluding hydrogens is 380 g/mol. The van der Waals surface area contributed by atoms with Crippen molar-refractivity contribution >= 4 is 5.78 Å². The maximum absolute atomic E-state index is 12.6. The number of Topliss-reactive ketones (excluding diaryl/α,β-unsaturated/α-hetero) is 1. The van der Waals surface area contributed by atoms with Crippen LogP contribution in [0.5, 0.6) is 0 Å². The van der Waals surface area contributed by atoms with Gasteiger partial charge in [-0.1, -0.05) is 60.1 Å². The summed E-state index contributed by atoms with van der Waals surface area (Å²) >= 11 is 0. The van der Waals surface area contributed by atoms with Gasteiger partial charge in [-0.05, 0) is 91.3 Å². The third kappa shape index (κ3) is 3.68. The van der Waals surface area contributed by atoms with E-state index in [0.29, 0.717) is 29.0 Å². The molecule has 4 aliphatic rings. The second-order valence-electron chi connectivity index (χ2n) is 13.5. The second kappa shape index (κ2) is 8.00. The van der Waals surface area contributed by atoms with Gasteiger partial charge in [0.1, 0.15) is 5.78 Å². The van der Waals surface area contributed by atoms with Crippen molar-refractivity contribution < 1.29 is 9.90 Å². The first kappa shape index (κ1) is 23.5. The zero-order valence-electron chi connectivity index (χ0n) is 21.3. The molecule has 31 heavy (non-hydrogen) atoms. The number of carbonyl (C=O) groups excluding carboxylic acids is 1. The van der Waals surface area contributed by atoms with Gasteiger partial charge >= 0.3 is 0 Å². The van der Waals surface area contributed by atoms with Gasteiger partial charge in [0.25, 0.3) is 0 Å². The highest BCUT2D eigenvalue weighted by atomic mass is 16.3. The minimum Gasteiger partial charge on any atom is -0.392 e. The molecule has 0 spiro atoms. The highest BCUT2D eigenvalue weighted by Gasteiger charge is 2.61. The Balaban J connectivity index is 1.55. The molecule has 3 saturated carbocycles. The Kier molecular flexibility index (Phi) is 6.07. The fourth-order valence-electron chi connectivity index (χ4n) is 9.41. The van der Waals surface area contributed by atoms with Gasteiger partial charge in [0.15, 0.2) is 0 Å². The third-order valence-electron chi connectivity index (χ3n) is 10.9. The largest absolute Gasteiger partial charge is 0.392 e. The van der Waals surface area contributed by atoms with Gasteiger partial charge in [0.2, 0.25) is 0 Å². The van der Waals surface area contributed by atoms with Crippen LogP contribution in [0, 0.1) is 51.8 Å². The molecule has 0 aromatic heterocycles. The molecule has 1 unspecified atom stereocenters. The van der Waals surface area contributed by atoms with Gasteiger partial charge in [0, 0.05) is 18.3 Å². The normalized spacial score (nSPS) is 44.8. The van der Waals surface area contributed by atoms with Crippen molar-refractivity contribution in [3.05, 3.63) is 11.6 Å². The van der Waals surface area contributed by atoms with Gasteiger partial charge < -0.3 is 5.11 Å². The molecule has 0 saturated heterocycles. The standard InChI is InChI=1S/C29H48O2/c1-18(2)16-20(30)17-19(3)22-9-10-23-21-8-11-25-27(4,5)26(31)13-15-29(25,7)24(21)12-14-28(22,23)6/h11,18-19,21-24,26,31H,8-10,12-17H2,1-7H3/t19-,21+,22-,23+,24+,26?,28-,29-/m1/s1. The van der Waals surface area contributed by atoms with Crippen molar-refractivity contribution in [3.8, 4) is 0 Å². The van der Waals surface area contributed by atoms with Gasteiger partial charge in [-0.15, -0.1) is 0 Å². The minimum atomic E-state index is -0.197. The van der Waals surface area contributed by atoms with E-state index in [1.165, 1.54) is 32.1 Å². The molecule has 0 bridgehead atoms. The Bertz CT molecular complexity index is 733. The summed E-state index contributed by atoms with van der Waals surface area (Å²) in [5.41, 5.74) is 2.15. The summed E-state index contributed by atoms with van der Waals surface area (Å²) in [6.45, 7) is 16.4. The summed E-state index contributed by atoms with van der Waals surface area (Å²) in [6.07, 6.45) is 12.5. The topological polar surface area (TPSA) is 37.3 Å². The fraction of sp³-hybridized carbons (Fsp3) is 0.897. The number of carbonyl (C=O) groups is 1. The van der Waals surface area contributed by atoms with Crippen molar-refractivity contribution in [2.24, 2.45) is 51.8 Å². The number of aliphatic hydroxyl groups excluding tert-OH is 1. The van der Waals surface area contributed by atoms with Crippen molar-refractivity contribution in [1.29, 1.82) is 0 Å². The van der Waals surface area contributed by atoms with Crippen molar-refractivity contribution in [1.82, 2.24) is 0 Å². The van der Waals surface area contributed by atoms with Crippen molar-refractivity contribution in [2.45, 2.75) is 112 Å². The summed E-state index contributed by atoms with van der Waals surface area (Å²) in [4.78, 5) is 12.6. The Morgan fingerprint density at radius 2 is 1.71 bits per heavy atom. The van der Waals surface area contributed by atoms with Crippen LogP contribution < -0.4 is 0 Å². The summed E-state index contributed by atoms with van der Waals surface area (Å²) in [6, 6.07) is 0. The van der Waals surface area contributed by atoms with Gasteiger partial charge in [0.05, 0.1) is 6.10 Å². The lowest BCUT2D eigenvalue weighted by Gasteiger charge is -2.61. The number of fused-ring (bicyclic) bond motifs is 5. The van der Waals surface area contributed by atoms with Crippen LogP contribution in [0.25, 0.3) is 0 Å².